The van der Waals surface area contributed by atoms with E-state index in [4.69, 9.17) is 0 Å². The van der Waals surface area contributed by atoms with Crippen molar-refractivity contribution in [3.63, 3.8) is 0 Å². The van der Waals surface area contributed by atoms with Crippen LogP contribution >= 0.6 is 11.8 Å². The molecule has 0 atom stereocenters. The molecule has 5 nitrogen and oxygen atoms in total. The molecule has 3 rings (SSSR count). The van der Waals surface area contributed by atoms with E-state index < -0.39 is 21.7 Å². The van der Waals surface area contributed by atoms with Crippen molar-refractivity contribution in [1.29, 1.82) is 0 Å². The molecule has 0 aromatic heterocycles. The molecule has 2 aromatic rings. The highest BCUT2D eigenvalue weighted by Gasteiger charge is 2.26. The number of thioether (sulfide) groups is 1. The minimum absolute atomic E-state index is 0.146. The maximum Gasteiger partial charge on any atom is 0.243 e. The molecule has 1 amide bonds. The minimum atomic E-state index is -3.57. The number of hydrogen-bond acceptors (Lipinski definition) is 4. The van der Waals surface area contributed by atoms with Gasteiger partial charge in [-0.1, -0.05) is 12.5 Å². The Hall–Kier alpha value is -1.97. The number of carbonyl (C=O) groups excluding carboxylic acids is 1. The van der Waals surface area contributed by atoms with E-state index in [1.807, 2.05) is 0 Å². The van der Waals surface area contributed by atoms with E-state index in [2.05, 4.69) is 5.32 Å². The largest absolute Gasteiger partial charge is 0.326 e. The predicted molar refractivity (Wildman–Crippen MR) is 109 cm³/mol. The fourth-order valence-electron chi connectivity index (χ4n) is 3.04. The Morgan fingerprint density at radius 2 is 1.79 bits per heavy atom. The SMILES string of the molecule is O=C(CCSc1ccc(F)c(F)c1)Nc1cccc(S(=O)(=O)N2CCCCC2)c1. The van der Waals surface area contributed by atoms with Gasteiger partial charge in [-0.2, -0.15) is 4.31 Å². The zero-order valence-electron chi connectivity index (χ0n) is 15.7. The lowest BCUT2D eigenvalue weighted by molar-refractivity contribution is -0.115. The second-order valence-electron chi connectivity index (χ2n) is 6.72. The Bertz CT molecular complexity index is 977. The third kappa shape index (κ3) is 5.77. The van der Waals surface area contributed by atoms with E-state index in [1.165, 1.54) is 34.3 Å². The van der Waals surface area contributed by atoms with Crippen molar-refractivity contribution >= 4 is 33.4 Å². The second kappa shape index (κ2) is 9.69. The van der Waals surface area contributed by atoms with Gasteiger partial charge in [0.15, 0.2) is 11.6 Å². The van der Waals surface area contributed by atoms with Crippen LogP contribution in [0.15, 0.2) is 52.3 Å². The van der Waals surface area contributed by atoms with E-state index >= 15 is 0 Å². The number of piperidine rings is 1. The fourth-order valence-corrected chi connectivity index (χ4v) is 5.48. The van der Waals surface area contributed by atoms with Gasteiger partial charge in [0.2, 0.25) is 15.9 Å². The summed E-state index contributed by atoms with van der Waals surface area (Å²) in [6.07, 6.45) is 2.88. The lowest BCUT2D eigenvalue weighted by Crippen LogP contribution is -2.35. The number of carbonyl (C=O) groups is 1. The van der Waals surface area contributed by atoms with Gasteiger partial charge in [-0.3, -0.25) is 4.79 Å². The van der Waals surface area contributed by atoms with Gasteiger partial charge in [0.25, 0.3) is 0 Å². The molecule has 0 saturated carbocycles. The molecule has 1 N–H and O–H groups in total. The molecule has 2 aromatic carbocycles. The molecule has 0 bridgehead atoms. The zero-order valence-corrected chi connectivity index (χ0v) is 17.4. The van der Waals surface area contributed by atoms with Gasteiger partial charge in [-0.25, -0.2) is 17.2 Å². The zero-order chi connectivity index (χ0) is 20.9. The van der Waals surface area contributed by atoms with Crippen molar-refractivity contribution < 1.29 is 22.0 Å². The third-order valence-electron chi connectivity index (χ3n) is 4.56. The van der Waals surface area contributed by atoms with Crippen molar-refractivity contribution in [3.8, 4) is 0 Å². The maximum absolute atomic E-state index is 13.2. The minimum Gasteiger partial charge on any atom is -0.326 e. The summed E-state index contributed by atoms with van der Waals surface area (Å²) < 4.78 is 53.1. The summed E-state index contributed by atoms with van der Waals surface area (Å²) in [6.45, 7) is 1.03. The first-order chi connectivity index (χ1) is 13.9. The molecule has 1 aliphatic rings. The molecule has 29 heavy (non-hydrogen) atoms. The van der Waals surface area contributed by atoms with Crippen molar-refractivity contribution in [3.05, 3.63) is 54.1 Å². The Balaban J connectivity index is 1.56. The van der Waals surface area contributed by atoms with E-state index in [1.54, 1.807) is 12.1 Å². The van der Waals surface area contributed by atoms with Crippen LogP contribution in [0.2, 0.25) is 0 Å². The van der Waals surface area contributed by atoms with Crippen LogP contribution in [-0.2, 0) is 14.8 Å². The van der Waals surface area contributed by atoms with Crippen molar-refractivity contribution in [2.24, 2.45) is 0 Å². The van der Waals surface area contributed by atoms with E-state index in [0.29, 0.717) is 29.4 Å². The van der Waals surface area contributed by atoms with Crippen LogP contribution in [0, 0.1) is 11.6 Å². The first-order valence-electron chi connectivity index (χ1n) is 9.34. The van der Waals surface area contributed by atoms with Gasteiger partial charge in [0.1, 0.15) is 0 Å². The maximum atomic E-state index is 13.2. The topological polar surface area (TPSA) is 66.5 Å². The van der Waals surface area contributed by atoms with E-state index in [0.717, 1.165) is 31.4 Å². The van der Waals surface area contributed by atoms with Crippen LogP contribution in [0.3, 0.4) is 0 Å². The van der Waals surface area contributed by atoms with Crippen LogP contribution in [0.25, 0.3) is 0 Å². The number of hydrogen-bond donors (Lipinski definition) is 1. The molecule has 0 radical (unpaired) electrons. The van der Waals surface area contributed by atoms with E-state index in [-0.39, 0.29) is 17.2 Å². The van der Waals surface area contributed by atoms with Gasteiger partial charge >= 0.3 is 0 Å². The molecule has 0 aliphatic carbocycles. The second-order valence-corrected chi connectivity index (χ2v) is 9.82. The van der Waals surface area contributed by atoms with Crippen LogP contribution in [0.4, 0.5) is 14.5 Å². The Morgan fingerprint density at radius 1 is 1.03 bits per heavy atom. The first-order valence-corrected chi connectivity index (χ1v) is 11.8. The molecule has 1 saturated heterocycles. The van der Waals surface area contributed by atoms with Crippen LogP contribution in [0.1, 0.15) is 25.7 Å². The molecule has 156 valence electrons. The van der Waals surface area contributed by atoms with E-state index in [9.17, 15) is 22.0 Å². The average Bonchev–Trinajstić information content (AvgIpc) is 2.71. The summed E-state index contributed by atoms with van der Waals surface area (Å²) in [7, 11) is -3.57. The van der Waals surface area contributed by atoms with Gasteiger partial charge in [-0.05, 0) is 49.2 Å². The van der Waals surface area contributed by atoms with Crippen LogP contribution < -0.4 is 5.32 Å². The highest BCUT2D eigenvalue weighted by atomic mass is 32.2. The Kier molecular flexibility index (Phi) is 7.26. The highest BCUT2D eigenvalue weighted by molar-refractivity contribution is 7.99. The Labute approximate surface area is 173 Å². The average molecular weight is 441 g/mol. The van der Waals surface area contributed by atoms with Crippen LogP contribution in [0.5, 0.6) is 0 Å². The highest BCUT2D eigenvalue weighted by Crippen LogP contribution is 2.24. The normalized spacial score (nSPS) is 15.2. The smallest absolute Gasteiger partial charge is 0.243 e. The first kappa shape index (κ1) is 21.7. The van der Waals surface area contributed by atoms with Crippen LogP contribution in [-0.4, -0.2) is 37.5 Å². The molecule has 0 spiro atoms. The molecule has 9 heteroatoms. The molecule has 1 heterocycles. The summed E-state index contributed by atoms with van der Waals surface area (Å²) in [5.41, 5.74) is 0.408. The van der Waals surface area contributed by atoms with Gasteiger partial charge < -0.3 is 5.32 Å². The summed E-state index contributed by atoms with van der Waals surface area (Å²) in [5, 5.41) is 2.69. The van der Waals surface area contributed by atoms with Gasteiger partial charge in [0, 0.05) is 35.8 Å². The predicted octanol–water partition coefficient (Wildman–Crippen LogP) is 4.26. The summed E-state index contributed by atoms with van der Waals surface area (Å²) in [5.74, 6) is -1.74. The standard InChI is InChI=1S/C20H22F2N2O3S2/c21-18-8-7-16(14-19(18)22)28-12-9-20(25)23-15-5-4-6-17(13-15)29(26,27)24-10-2-1-3-11-24/h4-8,13-14H,1-3,9-12H2,(H,23,25). The number of halogens is 2. The molecular formula is C20H22F2N2O3S2. The number of sulfonamides is 1. The number of rotatable bonds is 7. The van der Waals surface area contributed by atoms with Gasteiger partial charge in [0.05, 0.1) is 4.90 Å². The molecule has 1 fully saturated rings. The van der Waals surface area contributed by atoms with Crippen molar-refractivity contribution in [2.45, 2.75) is 35.5 Å². The molecule has 1 aliphatic heterocycles. The quantitative estimate of drug-likeness (QED) is 0.654. The Morgan fingerprint density at radius 3 is 2.52 bits per heavy atom. The lowest BCUT2D eigenvalue weighted by Gasteiger charge is -2.26. The molecule has 0 unspecified atom stereocenters. The summed E-state index contributed by atoms with van der Waals surface area (Å²) in [6, 6.07) is 9.82. The third-order valence-corrected chi connectivity index (χ3v) is 7.45. The number of nitrogens with zero attached hydrogens (tertiary/aromatic N) is 1. The van der Waals surface area contributed by atoms with Gasteiger partial charge in [-0.15, -0.1) is 11.8 Å². The number of anilines is 1. The number of amides is 1. The summed E-state index contributed by atoms with van der Waals surface area (Å²) >= 11 is 1.24. The van der Waals surface area contributed by atoms with Crippen molar-refractivity contribution in [1.82, 2.24) is 4.31 Å². The lowest BCUT2D eigenvalue weighted by atomic mass is 10.2. The summed E-state index contributed by atoms with van der Waals surface area (Å²) in [4.78, 5) is 12.9. The fraction of sp³-hybridized carbons (Fsp3) is 0.350. The number of nitrogens with one attached hydrogen (secondary N) is 1. The monoisotopic (exact) mass is 440 g/mol. The van der Waals surface area contributed by atoms with Crippen molar-refractivity contribution in [2.75, 3.05) is 24.2 Å². The molecular weight excluding hydrogens is 418 g/mol. The number of benzene rings is 2.